The lowest BCUT2D eigenvalue weighted by atomic mass is 9.86. The van der Waals surface area contributed by atoms with Crippen LogP contribution in [-0.4, -0.2) is 8.07 Å². The lowest BCUT2D eigenvalue weighted by Gasteiger charge is -2.54. The van der Waals surface area contributed by atoms with E-state index in [1.54, 1.807) is 5.57 Å². The van der Waals surface area contributed by atoms with Gasteiger partial charge < -0.3 is 0 Å². The minimum atomic E-state index is -2.09. The molecule has 0 nitrogen and oxygen atoms in total. The molecule has 4 rings (SSSR count). The van der Waals surface area contributed by atoms with Gasteiger partial charge in [-0.2, -0.15) is 0 Å². The van der Waals surface area contributed by atoms with Crippen molar-refractivity contribution in [3.63, 3.8) is 0 Å². The van der Waals surface area contributed by atoms with Crippen molar-refractivity contribution in [2.45, 2.75) is 96.2 Å². The Labute approximate surface area is 216 Å². The van der Waals surface area contributed by atoms with E-state index in [0.717, 1.165) is 5.92 Å². The zero-order chi connectivity index (χ0) is 25.3. The Bertz CT molecular complexity index is 1070. The average Bonchev–Trinajstić information content (AvgIpc) is 2.96. The van der Waals surface area contributed by atoms with E-state index in [2.05, 4.69) is 127 Å². The van der Waals surface area contributed by atoms with E-state index in [1.165, 1.54) is 54.4 Å². The van der Waals surface area contributed by atoms with Crippen LogP contribution in [0.5, 0.6) is 0 Å². The van der Waals surface area contributed by atoms with Crippen LogP contribution in [0.25, 0.3) is 11.1 Å². The molecule has 0 radical (unpaired) electrons. The minimum Gasteiger partial charge on any atom is -0.0843 e. The predicted molar refractivity (Wildman–Crippen MR) is 158 cm³/mol. The molecule has 0 bridgehead atoms. The smallest absolute Gasteiger partial charge is 0.0843 e. The van der Waals surface area contributed by atoms with Gasteiger partial charge in [0.15, 0.2) is 0 Å². The number of benzene rings is 2. The molecule has 1 aliphatic carbocycles. The molecule has 1 fully saturated rings. The first-order valence-electron chi connectivity index (χ1n) is 13.8. The Balaban J connectivity index is 2.07. The third-order valence-electron chi connectivity index (χ3n) is 8.89. The quantitative estimate of drug-likeness (QED) is 0.382. The SMILES string of the molecule is CC1/C(=C/C2CCCCC2)C=C(c2ccccc2)C(c2ccccc2)=C[Si]1(C(C)(C)C)C(C)(C)C. The summed E-state index contributed by atoms with van der Waals surface area (Å²) in [5.74, 6) is 0.722. The Hall–Kier alpha value is -2.12. The van der Waals surface area contributed by atoms with Gasteiger partial charge >= 0.3 is 0 Å². The maximum atomic E-state index is 2.83. The largest absolute Gasteiger partial charge is 0.0962 e. The molecule has 1 heteroatoms. The summed E-state index contributed by atoms with van der Waals surface area (Å²) in [4.78, 5) is 0. The average molecular weight is 483 g/mol. The van der Waals surface area contributed by atoms with E-state index in [-0.39, 0.29) is 10.1 Å². The van der Waals surface area contributed by atoms with Crippen LogP contribution >= 0.6 is 0 Å². The van der Waals surface area contributed by atoms with E-state index in [0.29, 0.717) is 5.54 Å². The summed E-state index contributed by atoms with van der Waals surface area (Å²) in [5.41, 5.74) is 10.5. The van der Waals surface area contributed by atoms with Gasteiger partial charge in [-0.15, -0.1) is 0 Å². The van der Waals surface area contributed by atoms with Crippen molar-refractivity contribution < 1.29 is 0 Å². The number of hydrogen-bond donors (Lipinski definition) is 0. The van der Waals surface area contributed by atoms with E-state index in [4.69, 9.17) is 0 Å². The first kappa shape index (κ1) is 26.0. The lowest BCUT2D eigenvalue weighted by Crippen LogP contribution is -2.54. The molecule has 0 aromatic heterocycles. The Morgan fingerprint density at radius 2 is 1.17 bits per heavy atom. The lowest BCUT2D eigenvalue weighted by molar-refractivity contribution is 0.417. The normalized spacial score (nSPS) is 22.9. The van der Waals surface area contributed by atoms with Crippen molar-refractivity contribution in [2.75, 3.05) is 0 Å². The van der Waals surface area contributed by atoms with E-state index in [9.17, 15) is 0 Å². The second kappa shape index (κ2) is 10.1. The predicted octanol–water partition coefficient (Wildman–Crippen LogP) is 10.7. The summed E-state index contributed by atoms with van der Waals surface area (Å²) in [6.07, 6.45) is 12.2. The summed E-state index contributed by atoms with van der Waals surface area (Å²) >= 11 is 0. The molecule has 0 spiro atoms. The van der Waals surface area contributed by atoms with Gasteiger partial charge in [0.2, 0.25) is 0 Å². The maximum Gasteiger partial charge on any atom is 0.0962 e. The highest BCUT2D eigenvalue weighted by Gasteiger charge is 2.56. The topological polar surface area (TPSA) is 0 Å². The van der Waals surface area contributed by atoms with Crippen LogP contribution in [0, 0.1) is 5.92 Å². The number of rotatable bonds is 3. The van der Waals surface area contributed by atoms with Gasteiger partial charge in [-0.1, -0.05) is 152 Å². The van der Waals surface area contributed by atoms with Crippen LogP contribution in [0.15, 0.2) is 84.1 Å². The highest BCUT2D eigenvalue weighted by atomic mass is 28.3. The molecule has 2 aromatic carbocycles. The van der Waals surface area contributed by atoms with Gasteiger partial charge in [0.25, 0.3) is 0 Å². The number of allylic oxidation sites excluding steroid dienone is 5. The molecule has 2 aliphatic rings. The van der Waals surface area contributed by atoms with Crippen LogP contribution in [0.2, 0.25) is 15.6 Å². The summed E-state index contributed by atoms with van der Waals surface area (Å²) < 4.78 is 0. The minimum absolute atomic E-state index is 0.219. The maximum absolute atomic E-state index is 2.83. The first-order chi connectivity index (χ1) is 16.5. The second-order valence-corrected chi connectivity index (χ2v) is 18.9. The van der Waals surface area contributed by atoms with Crippen LogP contribution in [0.4, 0.5) is 0 Å². The molecule has 0 N–H and O–H groups in total. The molecular formula is C34H46Si. The van der Waals surface area contributed by atoms with Crippen molar-refractivity contribution in [3.05, 3.63) is 95.2 Å². The zero-order valence-electron chi connectivity index (χ0n) is 23.2. The summed E-state index contributed by atoms with van der Waals surface area (Å²) in [6.45, 7) is 17.7. The monoisotopic (exact) mass is 482 g/mol. The van der Waals surface area contributed by atoms with Crippen molar-refractivity contribution in [2.24, 2.45) is 5.92 Å². The first-order valence-corrected chi connectivity index (χ1v) is 16.0. The highest BCUT2D eigenvalue weighted by molar-refractivity contribution is 6.92. The second-order valence-electron chi connectivity index (χ2n) is 13.0. The molecule has 186 valence electrons. The fourth-order valence-corrected chi connectivity index (χ4v) is 14.8. The van der Waals surface area contributed by atoms with Crippen molar-refractivity contribution in [1.29, 1.82) is 0 Å². The van der Waals surface area contributed by atoms with Gasteiger partial charge in [-0.05, 0) is 56.7 Å². The molecule has 35 heavy (non-hydrogen) atoms. The summed E-state index contributed by atoms with van der Waals surface area (Å²) in [5, 5.41) is 0.437. The summed E-state index contributed by atoms with van der Waals surface area (Å²) in [6, 6.07) is 22.3. The van der Waals surface area contributed by atoms with Gasteiger partial charge in [-0.25, -0.2) is 0 Å². The van der Waals surface area contributed by atoms with E-state index in [1.807, 2.05) is 0 Å². The van der Waals surface area contributed by atoms with Crippen LogP contribution in [0.1, 0.15) is 91.7 Å². The molecule has 1 saturated carbocycles. The Kier molecular flexibility index (Phi) is 7.48. The molecule has 1 unspecified atom stereocenters. The fraction of sp³-hybridized carbons (Fsp3) is 0.471. The molecular weight excluding hydrogens is 436 g/mol. The van der Waals surface area contributed by atoms with E-state index < -0.39 is 8.07 Å². The fourth-order valence-electron chi connectivity index (χ4n) is 7.40. The standard InChI is InChI=1S/C34H46Si/c1-26-30(23-27-17-11-8-12-18-27)24-31(28-19-13-9-14-20-28)32(29-21-15-10-16-22-29)25-35(26,33(2,3)4)34(5,6)7/h9-10,13-16,19-27H,8,11-12,17-18H2,1-7H3/b30-23+. The molecule has 1 heterocycles. The van der Waals surface area contributed by atoms with Gasteiger partial charge in [0, 0.05) is 0 Å². The molecule has 0 amide bonds. The molecule has 2 aromatic rings. The Morgan fingerprint density at radius 3 is 1.66 bits per heavy atom. The highest BCUT2D eigenvalue weighted by Crippen LogP contribution is 2.62. The summed E-state index contributed by atoms with van der Waals surface area (Å²) in [7, 11) is -2.09. The third-order valence-corrected chi connectivity index (χ3v) is 16.3. The number of hydrogen-bond acceptors (Lipinski definition) is 0. The van der Waals surface area contributed by atoms with Crippen molar-refractivity contribution in [1.82, 2.24) is 0 Å². The Morgan fingerprint density at radius 1 is 0.686 bits per heavy atom. The molecule has 0 saturated heterocycles. The zero-order valence-corrected chi connectivity index (χ0v) is 24.2. The van der Waals surface area contributed by atoms with Crippen LogP contribution in [-0.2, 0) is 0 Å². The van der Waals surface area contributed by atoms with Gasteiger partial charge in [0.05, 0.1) is 8.07 Å². The van der Waals surface area contributed by atoms with Gasteiger partial charge in [-0.3, -0.25) is 0 Å². The molecule has 1 atom stereocenters. The molecule has 1 aliphatic heterocycles. The van der Waals surface area contributed by atoms with Crippen LogP contribution < -0.4 is 0 Å². The van der Waals surface area contributed by atoms with Crippen molar-refractivity contribution >= 4 is 19.2 Å². The third kappa shape index (κ3) is 5.08. The van der Waals surface area contributed by atoms with E-state index >= 15 is 0 Å². The van der Waals surface area contributed by atoms with Crippen molar-refractivity contribution in [3.8, 4) is 0 Å². The van der Waals surface area contributed by atoms with Gasteiger partial charge in [0.1, 0.15) is 0 Å². The van der Waals surface area contributed by atoms with Crippen LogP contribution in [0.3, 0.4) is 0 Å².